The van der Waals surface area contributed by atoms with Gasteiger partial charge in [0.1, 0.15) is 17.9 Å². The number of aryl methyl sites for hydroxylation is 1. The van der Waals surface area contributed by atoms with Gasteiger partial charge in [-0.05, 0) is 13.0 Å². The first kappa shape index (κ1) is 23.1. The molecule has 7 nitrogen and oxygen atoms in total. The Bertz CT molecular complexity index is 710. The first-order valence-corrected chi connectivity index (χ1v) is 8.55. The summed E-state index contributed by atoms with van der Waals surface area (Å²) in [6.07, 6.45) is 2.51. The van der Waals surface area contributed by atoms with Crippen LogP contribution in [-0.4, -0.2) is 40.4 Å². The number of aliphatic imine (C=N–C) groups is 1. The maximum Gasteiger partial charge on any atom is 0.387 e. The van der Waals surface area contributed by atoms with Crippen LogP contribution in [0.4, 0.5) is 8.78 Å². The lowest BCUT2D eigenvalue weighted by Gasteiger charge is -2.13. The van der Waals surface area contributed by atoms with Gasteiger partial charge < -0.3 is 19.9 Å². The predicted octanol–water partition coefficient (Wildman–Crippen LogP) is 2.82. The maximum atomic E-state index is 12.5. The van der Waals surface area contributed by atoms with Crippen LogP contribution >= 0.6 is 24.0 Å². The summed E-state index contributed by atoms with van der Waals surface area (Å²) >= 11 is 0. The third-order valence-corrected chi connectivity index (χ3v) is 3.60. The van der Waals surface area contributed by atoms with Gasteiger partial charge in [0.2, 0.25) is 0 Å². The maximum absolute atomic E-state index is 12.5. The third-order valence-electron chi connectivity index (χ3n) is 3.60. The first-order chi connectivity index (χ1) is 12.6. The molecule has 0 bridgehead atoms. The summed E-state index contributed by atoms with van der Waals surface area (Å²) in [6.45, 7) is 3.37. The average Bonchev–Trinajstić information content (AvgIpc) is 3.08. The lowest BCUT2D eigenvalue weighted by Crippen LogP contribution is -2.38. The Morgan fingerprint density at radius 2 is 2.04 bits per heavy atom. The Kier molecular flexibility index (Phi) is 10.6. The van der Waals surface area contributed by atoms with Crippen LogP contribution in [0.25, 0.3) is 0 Å². The molecule has 0 spiro atoms. The highest BCUT2D eigenvalue weighted by molar-refractivity contribution is 14.0. The quantitative estimate of drug-likeness (QED) is 0.319. The molecule has 0 unspecified atom stereocenters. The Morgan fingerprint density at radius 1 is 1.26 bits per heavy atom. The molecule has 0 amide bonds. The number of alkyl halides is 2. The number of nitrogens with one attached hydrogen (secondary N) is 2. The van der Waals surface area contributed by atoms with E-state index >= 15 is 0 Å². The Balaban J connectivity index is 0.00000364. The fraction of sp³-hybridized carbons (Fsp3) is 0.471. The zero-order valence-corrected chi connectivity index (χ0v) is 17.7. The number of benzene rings is 1. The first-order valence-electron chi connectivity index (χ1n) is 8.55. The number of aromatic nitrogens is 3. The van der Waals surface area contributed by atoms with E-state index in [1.165, 1.54) is 6.07 Å². The molecule has 0 radical (unpaired) electrons. The molecule has 0 aliphatic rings. The molecule has 1 aromatic carbocycles. The van der Waals surface area contributed by atoms with Crippen LogP contribution in [0.15, 0.2) is 35.6 Å². The summed E-state index contributed by atoms with van der Waals surface area (Å²) in [7, 11) is 0. The van der Waals surface area contributed by atoms with Crippen molar-refractivity contribution in [2.75, 3.05) is 13.1 Å². The van der Waals surface area contributed by atoms with E-state index in [2.05, 4.69) is 30.6 Å². The lowest BCUT2D eigenvalue weighted by atomic mass is 10.2. The third kappa shape index (κ3) is 7.65. The summed E-state index contributed by atoms with van der Waals surface area (Å²) in [4.78, 5) is 4.44. The SMILES string of the molecule is CCNC(=NCc1ccccc1OC(F)F)NCCn1cnnc1CC.I. The van der Waals surface area contributed by atoms with E-state index in [-0.39, 0.29) is 36.3 Å². The highest BCUT2D eigenvalue weighted by Crippen LogP contribution is 2.20. The molecule has 0 aliphatic carbocycles. The largest absolute Gasteiger partial charge is 0.434 e. The van der Waals surface area contributed by atoms with Gasteiger partial charge in [-0.2, -0.15) is 8.78 Å². The summed E-state index contributed by atoms with van der Waals surface area (Å²) in [5, 5.41) is 14.3. The number of nitrogens with zero attached hydrogens (tertiary/aromatic N) is 4. The highest BCUT2D eigenvalue weighted by atomic mass is 127. The van der Waals surface area contributed by atoms with Crippen LogP contribution in [0.2, 0.25) is 0 Å². The normalized spacial score (nSPS) is 11.2. The summed E-state index contributed by atoms with van der Waals surface area (Å²) in [6, 6.07) is 6.64. The zero-order chi connectivity index (χ0) is 18.8. The molecule has 0 saturated heterocycles. The standard InChI is InChI=1S/C17H24F2N6O.HI/c1-3-15-24-23-12-25(15)10-9-21-17(20-4-2)22-11-13-7-5-6-8-14(13)26-16(18)19;/h5-8,12,16H,3-4,9-11H2,1-2H3,(H2,20,21,22);1H. The van der Waals surface area contributed by atoms with Crippen LogP contribution in [0.1, 0.15) is 25.2 Å². The van der Waals surface area contributed by atoms with Crippen molar-refractivity contribution in [1.82, 2.24) is 25.4 Å². The van der Waals surface area contributed by atoms with Gasteiger partial charge in [0.25, 0.3) is 0 Å². The van der Waals surface area contributed by atoms with Crippen molar-refractivity contribution in [2.24, 2.45) is 4.99 Å². The smallest absolute Gasteiger partial charge is 0.387 e. The van der Waals surface area contributed by atoms with Gasteiger partial charge in [-0.1, -0.05) is 25.1 Å². The fourth-order valence-corrected chi connectivity index (χ4v) is 2.39. The lowest BCUT2D eigenvalue weighted by molar-refractivity contribution is -0.0504. The molecule has 0 atom stereocenters. The van der Waals surface area contributed by atoms with Gasteiger partial charge in [-0.15, -0.1) is 34.2 Å². The van der Waals surface area contributed by atoms with Gasteiger partial charge in [-0.25, -0.2) is 4.99 Å². The Hall–Kier alpha value is -1.98. The van der Waals surface area contributed by atoms with Gasteiger partial charge in [-0.3, -0.25) is 0 Å². The highest BCUT2D eigenvalue weighted by Gasteiger charge is 2.09. The molecule has 0 saturated carbocycles. The minimum Gasteiger partial charge on any atom is -0.434 e. The van der Waals surface area contributed by atoms with E-state index in [1.54, 1.807) is 24.5 Å². The minimum atomic E-state index is -2.86. The van der Waals surface area contributed by atoms with Gasteiger partial charge >= 0.3 is 6.61 Å². The van der Waals surface area contributed by atoms with Crippen molar-refractivity contribution in [2.45, 2.75) is 40.0 Å². The molecular formula is C17H25F2IN6O. The van der Waals surface area contributed by atoms with Crippen molar-refractivity contribution in [3.63, 3.8) is 0 Å². The summed E-state index contributed by atoms with van der Waals surface area (Å²) < 4.78 is 31.5. The summed E-state index contributed by atoms with van der Waals surface area (Å²) in [5.74, 6) is 1.66. The molecule has 0 fully saturated rings. The van der Waals surface area contributed by atoms with Gasteiger partial charge in [0.15, 0.2) is 5.96 Å². The molecule has 150 valence electrons. The van der Waals surface area contributed by atoms with Crippen LogP contribution in [-0.2, 0) is 19.5 Å². The van der Waals surface area contributed by atoms with Gasteiger partial charge in [0.05, 0.1) is 6.54 Å². The molecule has 10 heteroatoms. The van der Waals surface area contributed by atoms with Crippen molar-refractivity contribution >= 4 is 29.9 Å². The van der Waals surface area contributed by atoms with Crippen molar-refractivity contribution < 1.29 is 13.5 Å². The minimum absolute atomic E-state index is 0. The second-order valence-corrected chi connectivity index (χ2v) is 5.40. The van der Waals surface area contributed by atoms with Crippen LogP contribution < -0.4 is 15.4 Å². The summed E-state index contributed by atoms with van der Waals surface area (Å²) in [5.41, 5.74) is 0.595. The second kappa shape index (κ2) is 12.4. The number of para-hydroxylation sites is 1. The number of hydrogen-bond acceptors (Lipinski definition) is 4. The molecule has 2 aromatic rings. The fourth-order valence-electron chi connectivity index (χ4n) is 2.39. The molecular weight excluding hydrogens is 469 g/mol. The zero-order valence-electron chi connectivity index (χ0n) is 15.4. The Morgan fingerprint density at radius 3 is 2.74 bits per heavy atom. The van der Waals surface area contributed by atoms with E-state index in [9.17, 15) is 8.78 Å². The van der Waals surface area contributed by atoms with E-state index < -0.39 is 6.61 Å². The molecule has 27 heavy (non-hydrogen) atoms. The van der Waals surface area contributed by atoms with E-state index in [4.69, 9.17) is 0 Å². The monoisotopic (exact) mass is 494 g/mol. The molecule has 1 heterocycles. The molecule has 2 rings (SSSR count). The second-order valence-electron chi connectivity index (χ2n) is 5.40. The van der Waals surface area contributed by atoms with Gasteiger partial charge in [0, 0.05) is 31.6 Å². The van der Waals surface area contributed by atoms with E-state index in [0.717, 1.165) is 12.2 Å². The van der Waals surface area contributed by atoms with Crippen LogP contribution in [0.5, 0.6) is 5.75 Å². The van der Waals surface area contributed by atoms with Crippen molar-refractivity contribution in [3.05, 3.63) is 42.0 Å². The number of guanidine groups is 1. The van der Waals surface area contributed by atoms with E-state index in [0.29, 0.717) is 31.2 Å². The number of hydrogen-bond donors (Lipinski definition) is 2. The molecule has 0 aliphatic heterocycles. The number of rotatable bonds is 9. The van der Waals surface area contributed by atoms with Crippen LogP contribution in [0.3, 0.4) is 0 Å². The predicted molar refractivity (Wildman–Crippen MR) is 111 cm³/mol. The van der Waals surface area contributed by atoms with Crippen LogP contribution in [0, 0.1) is 0 Å². The van der Waals surface area contributed by atoms with Crippen molar-refractivity contribution in [1.29, 1.82) is 0 Å². The van der Waals surface area contributed by atoms with E-state index in [1.807, 2.05) is 18.4 Å². The Labute approximate surface area is 174 Å². The average molecular weight is 494 g/mol. The molecule has 2 N–H and O–H groups in total. The topological polar surface area (TPSA) is 76.4 Å². The number of ether oxygens (including phenoxy) is 1. The molecule has 1 aromatic heterocycles. The van der Waals surface area contributed by atoms with Crippen molar-refractivity contribution in [3.8, 4) is 5.75 Å². The number of halogens is 3.